The van der Waals surface area contributed by atoms with Gasteiger partial charge in [-0.15, -0.1) is 0 Å². The van der Waals surface area contributed by atoms with Crippen LogP contribution in [-0.2, 0) is 4.79 Å². The Morgan fingerprint density at radius 2 is 2.00 bits per heavy atom. The van der Waals surface area contributed by atoms with Crippen molar-refractivity contribution in [3.05, 3.63) is 33.2 Å². The highest BCUT2D eigenvalue weighted by atomic mass is 35.5. The van der Waals surface area contributed by atoms with E-state index in [9.17, 15) is 19.2 Å². The highest BCUT2D eigenvalue weighted by Gasteiger charge is 2.51. The molecule has 25 heavy (non-hydrogen) atoms. The largest absolute Gasteiger partial charge is 0.339 e. The Morgan fingerprint density at radius 1 is 1.32 bits per heavy atom. The Labute approximate surface area is 148 Å². The summed E-state index contributed by atoms with van der Waals surface area (Å²) in [6.45, 7) is 2.79. The van der Waals surface area contributed by atoms with E-state index in [2.05, 4.69) is 15.6 Å². The van der Waals surface area contributed by atoms with E-state index in [1.54, 1.807) is 4.90 Å². The number of nitrogens with one attached hydrogen (secondary N) is 3. The molecule has 2 aliphatic heterocycles. The Balaban J connectivity index is 1.70. The topological polar surface area (TPSA) is 111 Å². The van der Waals surface area contributed by atoms with Crippen molar-refractivity contribution >= 4 is 29.4 Å². The van der Waals surface area contributed by atoms with Crippen molar-refractivity contribution in [2.24, 2.45) is 5.92 Å². The lowest BCUT2D eigenvalue weighted by Crippen LogP contribution is -2.56. The van der Waals surface area contributed by atoms with E-state index in [-0.39, 0.29) is 22.8 Å². The number of hydrogen-bond donors (Lipinski definition) is 3. The zero-order valence-electron chi connectivity index (χ0n) is 13.7. The summed E-state index contributed by atoms with van der Waals surface area (Å²) in [4.78, 5) is 51.7. The summed E-state index contributed by atoms with van der Waals surface area (Å²) in [5.74, 6) is -0.550. The van der Waals surface area contributed by atoms with Crippen molar-refractivity contribution in [1.29, 1.82) is 0 Å². The van der Waals surface area contributed by atoms with Gasteiger partial charge in [-0.3, -0.25) is 19.7 Å². The van der Waals surface area contributed by atoms with Crippen molar-refractivity contribution in [3.8, 4) is 0 Å². The average molecular weight is 367 g/mol. The summed E-state index contributed by atoms with van der Waals surface area (Å²) in [7, 11) is 0. The number of amides is 4. The maximum absolute atomic E-state index is 12.6. The van der Waals surface area contributed by atoms with Crippen molar-refractivity contribution in [2.75, 3.05) is 13.1 Å². The van der Waals surface area contributed by atoms with Crippen molar-refractivity contribution in [3.63, 3.8) is 0 Å². The van der Waals surface area contributed by atoms with Crippen molar-refractivity contribution in [2.45, 2.75) is 31.7 Å². The summed E-state index contributed by atoms with van der Waals surface area (Å²) in [5, 5.41) is 5.04. The van der Waals surface area contributed by atoms with Gasteiger partial charge in [0.25, 0.3) is 17.4 Å². The molecule has 9 heteroatoms. The van der Waals surface area contributed by atoms with E-state index < -0.39 is 17.1 Å². The van der Waals surface area contributed by atoms with E-state index in [1.807, 2.05) is 6.92 Å². The number of hydrogen-bond acceptors (Lipinski definition) is 4. The molecule has 0 aliphatic carbocycles. The van der Waals surface area contributed by atoms with Crippen LogP contribution in [0.2, 0.25) is 5.02 Å². The van der Waals surface area contributed by atoms with Crippen molar-refractivity contribution < 1.29 is 14.4 Å². The lowest BCUT2D eigenvalue weighted by Gasteiger charge is -2.40. The highest BCUT2D eigenvalue weighted by molar-refractivity contribution is 6.30. The predicted octanol–water partition coefficient (Wildman–Crippen LogP) is 0.869. The predicted molar refractivity (Wildman–Crippen MR) is 90.4 cm³/mol. The fraction of sp³-hybridized carbons (Fsp3) is 0.500. The molecule has 1 atom stereocenters. The van der Waals surface area contributed by atoms with Crippen LogP contribution in [0.25, 0.3) is 0 Å². The highest BCUT2D eigenvalue weighted by Crippen LogP contribution is 2.33. The number of aromatic amines is 1. The van der Waals surface area contributed by atoms with Gasteiger partial charge in [0, 0.05) is 19.3 Å². The molecule has 134 valence electrons. The van der Waals surface area contributed by atoms with Gasteiger partial charge in [-0.05, 0) is 31.2 Å². The summed E-state index contributed by atoms with van der Waals surface area (Å²) in [6, 6.07) is 0.890. The van der Waals surface area contributed by atoms with Crippen LogP contribution < -0.4 is 16.2 Å². The van der Waals surface area contributed by atoms with Gasteiger partial charge in [0.2, 0.25) is 0 Å². The molecule has 3 heterocycles. The summed E-state index contributed by atoms with van der Waals surface area (Å²) < 4.78 is 0. The van der Waals surface area contributed by atoms with Crippen molar-refractivity contribution in [1.82, 2.24) is 20.5 Å². The van der Waals surface area contributed by atoms with Crippen LogP contribution in [0.5, 0.6) is 0 Å². The first-order valence-corrected chi connectivity index (χ1v) is 8.56. The fourth-order valence-electron chi connectivity index (χ4n) is 3.67. The third-order valence-corrected chi connectivity index (χ3v) is 5.39. The minimum atomic E-state index is -0.895. The van der Waals surface area contributed by atoms with Crippen LogP contribution in [0.3, 0.4) is 0 Å². The van der Waals surface area contributed by atoms with Crippen LogP contribution >= 0.6 is 11.6 Å². The fourth-order valence-corrected chi connectivity index (χ4v) is 3.84. The molecule has 0 radical (unpaired) electrons. The summed E-state index contributed by atoms with van der Waals surface area (Å²) in [6.07, 6.45) is 3.05. The molecule has 1 aromatic heterocycles. The maximum Gasteiger partial charge on any atom is 0.322 e. The molecular weight excluding hydrogens is 348 g/mol. The zero-order valence-corrected chi connectivity index (χ0v) is 14.5. The van der Waals surface area contributed by atoms with Gasteiger partial charge >= 0.3 is 6.03 Å². The quantitative estimate of drug-likeness (QED) is 0.689. The summed E-state index contributed by atoms with van der Waals surface area (Å²) in [5.41, 5.74) is -1.02. The van der Waals surface area contributed by atoms with Crippen LogP contribution in [-0.4, -0.2) is 46.4 Å². The van der Waals surface area contributed by atoms with Crippen LogP contribution in [0.15, 0.2) is 17.1 Å². The molecule has 2 fully saturated rings. The molecule has 2 saturated heterocycles. The minimum absolute atomic E-state index is 0.0315. The first kappa shape index (κ1) is 17.5. The monoisotopic (exact) mass is 366 g/mol. The number of imide groups is 1. The molecule has 0 bridgehead atoms. The number of halogens is 1. The number of rotatable bonds is 3. The van der Waals surface area contributed by atoms with E-state index in [4.69, 9.17) is 11.6 Å². The van der Waals surface area contributed by atoms with E-state index in [1.165, 1.54) is 12.3 Å². The van der Waals surface area contributed by atoms with E-state index in [0.717, 1.165) is 0 Å². The second kappa shape index (κ2) is 6.51. The normalized spacial score (nSPS) is 24.2. The molecule has 2 aliphatic rings. The zero-order chi connectivity index (χ0) is 18.2. The van der Waals surface area contributed by atoms with Gasteiger partial charge < -0.3 is 15.2 Å². The Bertz CT molecular complexity index is 785. The molecule has 3 rings (SSSR count). The maximum atomic E-state index is 12.6. The first-order chi connectivity index (χ1) is 11.9. The Kier molecular flexibility index (Phi) is 4.55. The van der Waals surface area contributed by atoms with Gasteiger partial charge in [0.15, 0.2) is 0 Å². The number of likely N-dealkylation sites (tertiary alicyclic amines) is 1. The number of aromatic nitrogens is 1. The molecule has 0 spiro atoms. The Morgan fingerprint density at radius 3 is 2.52 bits per heavy atom. The second-order valence-electron chi connectivity index (χ2n) is 6.37. The standard InChI is InChI=1S/C16H19ClN4O4/c1-2-16(14(24)19-15(25)20-16)10-3-5-21(6-4-10)13(23)9-7-11(17)12(22)18-8-9/h7-8,10H,2-6H2,1H3,(H,18,22)(H2,19,20,24,25). The van der Waals surface area contributed by atoms with Gasteiger partial charge in [-0.2, -0.15) is 0 Å². The van der Waals surface area contributed by atoms with Gasteiger partial charge in [-0.1, -0.05) is 18.5 Å². The van der Waals surface area contributed by atoms with E-state index >= 15 is 0 Å². The lowest BCUT2D eigenvalue weighted by molar-refractivity contribution is -0.126. The molecule has 1 aromatic rings. The van der Waals surface area contributed by atoms with Gasteiger partial charge in [-0.25, -0.2) is 4.79 Å². The number of urea groups is 1. The van der Waals surface area contributed by atoms with Crippen LogP contribution in [0.4, 0.5) is 4.79 Å². The third-order valence-electron chi connectivity index (χ3n) is 5.11. The molecule has 0 aromatic carbocycles. The Hall–Kier alpha value is -2.35. The molecule has 0 saturated carbocycles. The smallest absolute Gasteiger partial charge is 0.322 e. The molecular formula is C16H19ClN4O4. The number of H-pyrrole nitrogens is 1. The SMILES string of the molecule is CCC1(C2CCN(C(=O)c3c[nH]c(=O)c(Cl)c3)CC2)NC(=O)NC1=O. The first-order valence-electron chi connectivity index (χ1n) is 8.18. The van der Waals surface area contributed by atoms with Crippen LogP contribution in [0, 0.1) is 5.92 Å². The number of pyridine rings is 1. The molecule has 8 nitrogen and oxygen atoms in total. The molecule has 1 unspecified atom stereocenters. The number of carbonyl (C=O) groups excluding carboxylic acids is 3. The third kappa shape index (κ3) is 3.02. The minimum Gasteiger partial charge on any atom is -0.339 e. The number of carbonyl (C=O) groups is 3. The summed E-state index contributed by atoms with van der Waals surface area (Å²) >= 11 is 5.77. The molecule has 3 N–H and O–H groups in total. The van der Waals surface area contributed by atoms with Gasteiger partial charge in [0.1, 0.15) is 10.6 Å². The van der Waals surface area contributed by atoms with E-state index in [0.29, 0.717) is 37.9 Å². The average Bonchev–Trinajstić information content (AvgIpc) is 2.91. The van der Waals surface area contributed by atoms with Gasteiger partial charge in [0.05, 0.1) is 5.56 Å². The second-order valence-corrected chi connectivity index (χ2v) is 6.77. The molecule has 4 amide bonds. The lowest BCUT2D eigenvalue weighted by atomic mass is 9.76. The number of piperidine rings is 1. The van der Waals surface area contributed by atoms with Crippen LogP contribution in [0.1, 0.15) is 36.5 Å². The number of nitrogens with zero attached hydrogens (tertiary/aromatic N) is 1.